The van der Waals surface area contributed by atoms with E-state index in [1.54, 1.807) is 6.20 Å². The second-order valence-corrected chi connectivity index (χ2v) is 5.09. The van der Waals surface area contributed by atoms with Crippen molar-refractivity contribution in [2.24, 2.45) is 5.92 Å². The summed E-state index contributed by atoms with van der Waals surface area (Å²) in [6.07, 6.45) is 9.73. The third-order valence-corrected chi connectivity index (χ3v) is 3.85. The molecule has 1 aliphatic carbocycles. The van der Waals surface area contributed by atoms with Crippen LogP contribution in [0.1, 0.15) is 24.8 Å². The molecule has 84 valence electrons. The number of hydrogen-bond acceptors (Lipinski definition) is 2. The molecule has 3 heteroatoms. The summed E-state index contributed by atoms with van der Waals surface area (Å²) in [5.74, 6) is 0.843. The van der Waals surface area contributed by atoms with Gasteiger partial charge in [-0.05, 0) is 48.9 Å². The largest absolute Gasteiger partial charge is 0.310 e. The lowest BCUT2D eigenvalue weighted by Gasteiger charge is -2.24. The number of rotatable bonds is 1. The van der Waals surface area contributed by atoms with E-state index in [0.29, 0.717) is 6.04 Å². The van der Waals surface area contributed by atoms with Crippen LogP contribution in [0.25, 0.3) is 5.57 Å². The molecule has 3 rings (SSSR count). The fourth-order valence-electron chi connectivity index (χ4n) is 2.77. The number of aromatic nitrogens is 1. The molecule has 1 aromatic rings. The van der Waals surface area contributed by atoms with Gasteiger partial charge in [0, 0.05) is 18.4 Å². The van der Waals surface area contributed by atoms with Crippen LogP contribution in [0.3, 0.4) is 0 Å². The average Bonchev–Trinajstić information content (AvgIpc) is 2.75. The van der Waals surface area contributed by atoms with Crippen LogP contribution in [0.15, 0.2) is 24.5 Å². The van der Waals surface area contributed by atoms with Gasteiger partial charge in [0.15, 0.2) is 0 Å². The highest BCUT2D eigenvalue weighted by molar-refractivity contribution is 6.30. The Morgan fingerprint density at radius 3 is 3.12 bits per heavy atom. The predicted molar refractivity (Wildman–Crippen MR) is 66.4 cm³/mol. The highest BCUT2D eigenvalue weighted by atomic mass is 35.5. The molecular formula is C13H15ClN2. The molecule has 2 nitrogen and oxygen atoms in total. The highest BCUT2D eigenvalue weighted by Crippen LogP contribution is 2.34. The van der Waals surface area contributed by atoms with Crippen LogP contribution < -0.4 is 5.32 Å². The summed E-state index contributed by atoms with van der Waals surface area (Å²) in [6, 6.07) is 2.58. The Kier molecular flexibility index (Phi) is 2.70. The summed E-state index contributed by atoms with van der Waals surface area (Å²) in [5.41, 5.74) is 2.57. The minimum absolute atomic E-state index is 0.572. The van der Waals surface area contributed by atoms with Crippen molar-refractivity contribution in [3.8, 4) is 0 Å². The first-order valence-electron chi connectivity index (χ1n) is 5.88. The van der Waals surface area contributed by atoms with E-state index in [1.165, 1.54) is 24.0 Å². The molecule has 0 aromatic carbocycles. The molecule has 0 saturated carbocycles. The van der Waals surface area contributed by atoms with E-state index in [-0.39, 0.29) is 0 Å². The number of halogens is 1. The Balaban J connectivity index is 1.90. The lowest BCUT2D eigenvalue weighted by atomic mass is 9.84. The minimum Gasteiger partial charge on any atom is -0.310 e. The van der Waals surface area contributed by atoms with E-state index >= 15 is 0 Å². The summed E-state index contributed by atoms with van der Waals surface area (Å²) in [5, 5.41) is 4.27. The predicted octanol–water partition coefficient (Wildman–Crippen LogP) is 2.89. The Labute approximate surface area is 101 Å². The maximum Gasteiger partial charge on any atom is 0.0595 e. The van der Waals surface area contributed by atoms with Crippen molar-refractivity contribution < 1.29 is 0 Å². The topological polar surface area (TPSA) is 24.9 Å². The Bertz CT molecular complexity index is 428. The molecule has 0 unspecified atom stereocenters. The molecule has 1 saturated heterocycles. The third-order valence-electron chi connectivity index (χ3n) is 3.64. The molecule has 1 fully saturated rings. The van der Waals surface area contributed by atoms with Gasteiger partial charge in [-0.25, -0.2) is 0 Å². The molecule has 0 radical (unpaired) electrons. The molecule has 1 aliphatic heterocycles. The lowest BCUT2D eigenvalue weighted by molar-refractivity contribution is 0.465. The van der Waals surface area contributed by atoms with Crippen LogP contribution >= 0.6 is 11.6 Å². The van der Waals surface area contributed by atoms with Gasteiger partial charge >= 0.3 is 0 Å². The number of allylic oxidation sites excluding steroid dienone is 1. The SMILES string of the molecule is Clc1cncc(C2=C[C@@H]3NCC[C@@H]3CC2)c1. The number of nitrogens with zero attached hydrogens (tertiary/aromatic N) is 1. The van der Waals surface area contributed by atoms with E-state index in [2.05, 4.69) is 16.4 Å². The van der Waals surface area contributed by atoms with Gasteiger partial charge in [0.05, 0.1) is 5.02 Å². The summed E-state index contributed by atoms with van der Waals surface area (Å²) >= 11 is 5.97. The highest BCUT2D eigenvalue weighted by Gasteiger charge is 2.28. The van der Waals surface area contributed by atoms with E-state index in [4.69, 9.17) is 11.6 Å². The minimum atomic E-state index is 0.572. The molecule has 2 aliphatic rings. The second kappa shape index (κ2) is 4.19. The van der Waals surface area contributed by atoms with Gasteiger partial charge in [-0.3, -0.25) is 4.98 Å². The zero-order chi connectivity index (χ0) is 11.0. The van der Waals surface area contributed by atoms with Crippen molar-refractivity contribution in [2.45, 2.75) is 25.3 Å². The van der Waals surface area contributed by atoms with Crippen LogP contribution in [0.2, 0.25) is 5.02 Å². The molecule has 0 bridgehead atoms. The number of nitrogens with one attached hydrogen (secondary N) is 1. The molecule has 16 heavy (non-hydrogen) atoms. The van der Waals surface area contributed by atoms with Gasteiger partial charge in [-0.2, -0.15) is 0 Å². The van der Waals surface area contributed by atoms with Crippen LogP contribution in [0.5, 0.6) is 0 Å². The summed E-state index contributed by atoms with van der Waals surface area (Å²) in [7, 11) is 0. The van der Waals surface area contributed by atoms with E-state index in [0.717, 1.165) is 23.9 Å². The quantitative estimate of drug-likeness (QED) is 0.808. The molecular weight excluding hydrogens is 220 g/mol. The number of hydrogen-bond donors (Lipinski definition) is 1. The first-order valence-corrected chi connectivity index (χ1v) is 6.26. The molecule has 1 N–H and O–H groups in total. The van der Waals surface area contributed by atoms with Crippen LogP contribution in [-0.4, -0.2) is 17.6 Å². The zero-order valence-corrected chi connectivity index (χ0v) is 9.87. The first kappa shape index (κ1) is 10.3. The van der Waals surface area contributed by atoms with Gasteiger partial charge in [0.1, 0.15) is 0 Å². The maximum absolute atomic E-state index is 5.97. The van der Waals surface area contributed by atoms with Gasteiger partial charge in [-0.1, -0.05) is 17.7 Å². The van der Waals surface area contributed by atoms with E-state index < -0.39 is 0 Å². The normalized spacial score (nSPS) is 28.7. The Morgan fingerprint density at radius 1 is 1.31 bits per heavy atom. The summed E-state index contributed by atoms with van der Waals surface area (Å²) in [4.78, 5) is 4.15. The van der Waals surface area contributed by atoms with E-state index in [1.807, 2.05) is 12.3 Å². The fraction of sp³-hybridized carbons (Fsp3) is 0.462. The van der Waals surface area contributed by atoms with Crippen LogP contribution in [0.4, 0.5) is 0 Å². The molecule has 2 heterocycles. The zero-order valence-electron chi connectivity index (χ0n) is 9.12. The average molecular weight is 235 g/mol. The Morgan fingerprint density at radius 2 is 2.25 bits per heavy atom. The second-order valence-electron chi connectivity index (χ2n) is 4.65. The molecule has 1 aromatic heterocycles. The van der Waals surface area contributed by atoms with Crippen molar-refractivity contribution >= 4 is 17.2 Å². The van der Waals surface area contributed by atoms with Crippen LogP contribution in [-0.2, 0) is 0 Å². The van der Waals surface area contributed by atoms with Crippen molar-refractivity contribution in [2.75, 3.05) is 6.54 Å². The maximum atomic E-state index is 5.97. The van der Waals surface area contributed by atoms with Crippen LogP contribution in [0, 0.1) is 5.92 Å². The van der Waals surface area contributed by atoms with Gasteiger partial charge < -0.3 is 5.32 Å². The number of pyridine rings is 1. The summed E-state index contributed by atoms with van der Waals surface area (Å²) < 4.78 is 0. The van der Waals surface area contributed by atoms with Crippen molar-refractivity contribution in [1.82, 2.24) is 10.3 Å². The van der Waals surface area contributed by atoms with Gasteiger partial charge in [-0.15, -0.1) is 0 Å². The summed E-state index contributed by atoms with van der Waals surface area (Å²) in [6.45, 7) is 1.16. The lowest BCUT2D eigenvalue weighted by Crippen LogP contribution is -2.27. The third kappa shape index (κ3) is 1.87. The first-order chi connectivity index (χ1) is 7.83. The standard InChI is InChI=1S/C13H15ClN2/c14-12-5-11(7-15-8-12)10-2-1-9-3-4-16-13(9)6-10/h5-9,13,16H,1-4H2/t9-,13-/m0/s1. The Hall–Kier alpha value is -0.860. The van der Waals surface area contributed by atoms with E-state index in [9.17, 15) is 0 Å². The van der Waals surface area contributed by atoms with Crippen molar-refractivity contribution in [3.63, 3.8) is 0 Å². The fourth-order valence-corrected chi connectivity index (χ4v) is 2.94. The monoisotopic (exact) mass is 234 g/mol. The smallest absolute Gasteiger partial charge is 0.0595 e. The number of fused-ring (bicyclic) bond motifs is 1. The molecule has 2 atom stereocenters. The van der Waals surface area contributed by atoms with Crippen molar-refractivity contribution in [1.29, 1.82) is 0 Å². The van der Waals surface area contributed by atoms with Gasteiger partial charge in [0.2, 0.25) is 0 Å². The molecule has 0 spiro atoms. The van der Waals surface area contributed by atoms with Gasteiger partial charge in [0.25, 0.3) is 0 Å². The van der Waals surface area contributed by atoms with Crippen molar-refractivity contribution in [3.05, 3.63) is 35.1 Å². The molecule has 0 amide bonds.